The number of aliphatic hydroxyl groups excluding tert-OH is 1. The minimum absolute atomic E-state index is 0.153. The van der Waals surface area contributed by atoms with E-state index in [0.29, 0.717) is 48.1 Å². The zero-order valence-electron chi connectivity index (χ0n) is 19.0. The number of hydrogen-bond acceptors (Lipinski definition) is 8. The molecular formula is C24H27N3O8. The first-order chi connectivity index (χ1) is 17.1. The molecular weight excluding hydrogens is 458 g/mol. The van der Waals surface area contributed by atoms with Gasteiger partial charge in [-0.05, 0) is 42.7 Å². The SMILES string of the molecule is O=C(C[C@@H]1CC[C@H](NC(=O)Nc2ccc3c(c2)OCO3)[C@@H](CO)O1)NCc1ccc2c(c1)OCO2. The normalized spacial score (nSPS) is 21.9. The molecule has 3 atom stereocenters. The highest BCUT2D eigenvalue weighted by molar-refractivity contribution is 5.90. The number of fused-ring (bicyclic) bond motifs is 2. The highest BCUT2D eigenvalue weighted by atomic mass is 16.7. The van der Waals surface area contributed by atoms with Crippen LogP contribution in [0.15, 0.2) is 36.4 Å². The first-order valence-corrected chi connectivity index (χ1v) is 11.5. The molecule has 3 amide bonds. The second kappa shape index (κ2) is 10.3. The van der Waals surface area contributed by atoms with Gasteiger partial charge in [0.1, 0.15) is 6.10 Å². The standard InChI is InChI=1S/C24H27N3O8/c28-11-22-17(27-24(30)26-15-2-6-19-21(8-15)34-13-32-19)4-3-16(35-22)9-23(29)25-10-14-1-5-18-20(7-14)33-12-31-18/h1-2,5-8,16-17,22,28H,3-4,9-13H2,(H,25,29)(H2,26,27,30)/t16-,17-,22+/m0/s1. The molecule has 1 saturated heterocycles. The van der Waals surface area contributed by atoms with Crippen molar-refractivity contribution in [1.82, 2.24) is 10.6 Å². The summed E-state index contributed by atoms with van der Waals surface area (Å²) >= 11 is 0. The molecule has 0 spiro atoms. The molecule has 186 valence electrons. The Kier molecular flexibility index (Phi) is 6.77. The van der Waals surface area contributed by atoms with E-state index in [0.717, 1.165) is 5.56 Å². The maximum atomic E-state index is 12.5. The summed E-state index contributed by atoms with van der Waals surface area (Å²) in [5, 5.41) is 18.3. The smallest absolute Gasteiger partial charge is 0.319 e. The molecule has 0 saturated carbocycles. The topological polar surface area (TPSA) is 137 Å². The van der Waals surface area contributed by atoms with Crippen LogP contribution in [-0.2, 0) is 16.1 Å². The van der Waals surface area contributed by atoms with Crippen molar-refractivity contribution in [2.75, 3.05) is 25.5 Å². The number of carbonyl (C=O) groups excluding carboxylic acids is 2. The molecule has 11 nitrogen and oxygen atoms in total. The second-order valence-corrected chi connectivity index (χ2v) is 8.50. The van der Waals surface area contributed by atoms with Gasteiger partial charge in [-0.3, -0.25) is 4.79 Å². The summed E-state index contributed by atoms with van der Waals surface area (Å²) in [6.45, 7) is 0.437. The van der Waals surface area contributed by atoms with E-state index < -0.39 is 12.1 Å². The molecule has 0 bridgehead atoms. The number of hydrogen-bond donors (Lipinski definition) is 4. The fraction of sp³-hybridized carbons (Fsp3) is 0.417. The third-order valence-corrected chi connectivity index (χ3v) is 6.08. The van der Waals surface area contributed by atoms with Gasteiger partial charge in [0.15, 0.2) is 23.0 Å². The summed E-state index contributed by atoms with van der Waals surface area (Å²) in [6.07, 6.45) is 0.344. The van der Waals surface area contributed by atoms with E-state index >= 15 is 0 Å². The van der Waals surface area contributed by atoms with Gasteiger partial charge in [0, 0.05) is 18.3 Å². The summed E-state index contributed by atoms with van der Waals surface area (Å²) in [5.41, 5.74) is 1.46. The number of benzene rings is 2. The summed E-state index contributed by atoms with van der Waals surface area (Å²) in [4.78, 5) is 24.9. The van der Waals surface area contributed by atoms with Gasteiger partial charge in [0.05, 0.1) is 25.2 Å². The Hall–Kier alpha value is -3.70. The lowest BCUT2D eigenvalue weighted by Gasteiger charge is -2.35. The molecule has 35 heavy (non-hydrogen) atoms. The quantitative estimate of drug-likeness (QED) is 0.467. The minimum Gasteiger partial charge on any atom is -0.454 e. The van der Waals surface area contributed by atoms with Crippen LogP contribution in [-0.4, -0.2) is 55.5 Å². The molecule has 2 aromatic carbocycles. The third kappa shape index (κ3) is 5.52. The Morgan fingerprint density at radius 3 is 2.40 bits per heavy atom. The number of ether oxygens (including phenoxy) is 5. The lowest BCUT2D eigenvalue weighted by Crippen LogP contribution is -2.52. The Balaban J connectivity index is 1.07. The third-order valence-electron chi connectivity index (χ3n) is 6.08. The molecule has 11 heteroatoms. The maximum Gasteiger partial charge on any atom is 0.319 e. The molecule has 1 fully saturated rings. The second-order valence-electron chi connectivity index (χ2n) is 8.50. The van der Waals surface area contributed by atoms with Gasteiger partial charge in [-0.2, -0.15) is 0 Å². The van der Waals surface area contributed by atoms with Crippen LogP contribution in [0.4, 0.5) is 10.5 Å². The molecule has 3 heterocycles. The highest BCUT2D eigenvalue weighted by Crippen LogP contribution is 2.34. The summed E-state index contributed by atoms with van der Waals surface area (Å²) in [7, 11) is 0. The van der Waals surface area contributed by atoms with Crippen LogP contribution in [0.1, 0.15) is 24.8 Å². The van der Waals surface area contributed by atoms with E-state index in [1.807, 2.05) is 18.2 Å². The van der Waals surface area contributed by atoms with E-state index in [2.05, 4.69) is 16.0 Å². The van der Waals surface area contributed by atoms with Crippen LogP contribution in [0.2, 0.25) is 0 Å². The van der Waals surface area contributed by atoms with Crippen molar-refractivity contribution in [2.24, 2.45) is 0 Å². The number of urea groups is 1. The maximum absolute atomic E-state index is 12.5. The average molecular weight is 485 g/mol. The number of anilines is 1. The number of amides is 3. The lowest BCUT2D eigenvalue weighted by molar-refractivity contribution is -0.130. The van der Waals surface area contributed by atoms with Gasteiger partial charge in [0.25, 0.3) is 0 Å². The van der Waals surface area contributed by atoms with Gasteiger partial charge in [-0.1, -0.05) is 6.07 Å². The zero-order valence-corrected chi connectivity index (χ0v) is 19.0. The van der Waals surface area contributed by atoms with Crippen molar-refractivity contribution in [2.45, 2.75) is 44.1 Å². The van der Waals surface area contributed by atoms with Crippen LogP contribution < -0.4 is 34.9 Å². The largest absolute Gasteiger partial charge is 0.454 e. The predicted molar refractivity (Wildman–Crippen MR) is 123 cm³/mol. The molecule has 0 radical (unpaired) electrons. The van der Waals surface area contributed by atoms with Gasteiger partial charge >= 0.3 is 6.03 Å². The van der Waals surface area contributed by atoms with Crippen molar-refractivity contribution < 1.29 is 38.4 Å². The fourth-order valence-corrected chi connectivity index (χ4v) is 4.29. The summed E-state index contributed by atoms with van der Waals surface area (Å²) in [5.74, 6) is 2.40. The molecule has 2 aromatic rings. The predicted octanol–water partition coefficient (Wildman–Crippen LogP) is 1.88. The van der Waals surface area contributed by atoms with Crippen molar-refractivity contribution in [3.8, 4) is 23.0 Å². The monoisotopic (exact) mass is 485 g/mol. The van der Waals surface area contributed by atoms with Crippen LogP contribution in [0.3, 0.4) is 0 Å². The molecule has 3 aliphatic heterocycles. The Labute approximate surface area is 201 Å². The van der Waals surface area contributed by atoms with E-state index in [1.54, 1.807) is 18.2 Å². The molecule has 0 unspecified atom stereocenters. The zero-order chi connectivity index (χ0) is 24.2. The van der Waals surface area contributed by atoms with E-state index in [4.69, 9.17) is 23.7 Å². The average Bonchev–Trinajstić information content (AvgIpc) is 3.52. The van der Waals surface area contributed by atoms with Crippen molar-refractivity contribution in [3.63, 3.8) is 0 Å². The number of carbonyl (C=O) groups is 2. The van der Waals surface area contributed by atoms with Crippen LogP contribution in [0, 0.1) is 0 Å². The van der Waals surface area contributed by atoms with E-state index in [1.165, 1.54) is 0 Å². The van der Waals surface area contributed by atoms with Gasteiger partial charge < -0.3 is 44.7 Å². The van der Waals surface area contributed by atoms with E-state index in [9.17, 15) is 14.7 Å². The molecule has 4 N–H and O–H groups in total. The van der Waals surface area contributed by atoms with E-state index in [-0.39, 0.29) is 44.7 Å². The number of rotatable bonds is 7. The number of nitrogens with one attached hydrogen (secondary N) is 3. The Bertz CT molecular complexity index is 1090. The van der Waals surface area contributed by atoms with Crippen LogP contribution in [0.5, 0.6) is 23.0 Å². The summed E-state index contributed by atoms with van der Waals surface area (Å²) in [6, 6.07) is 9.84. The molecule has 5 rings (SSSR count). The molecule has 0 aromatic heterocycles. The van der Waals surface area contributed by atoms with Gasteiger partial charge in [0.2, 0.25) is 19.5 Å². The molecule has 0 aliphatic carbocycles. The van der Waals surface area contributed by atoms with Gasteiger partial charge in [-0.15, -0.1) is 0 Å². The first kappa shape index (κ1) is 23.1. The lowest BCUT2D eigenvalue weighted by atomic mass is 9.97. The van der Waals surface area contributed by atoms with Crippen LogP contribution in [0.25, 0.3) is 0 Å². The first-order valence-electron chi connectivity index (χ1n) is 11.5. The Morgan fingerprint density at radius 2 is 1.63 bits per heavy atom. The van der Waals surface area contributed by atoms with Crippen molar-refractivity contribution in [3.05, 3.63) is 42.0 Å². The highest BCUT2D eigenvalue weighted by Gasteiger charge is 2.33. The fourth-order valence-electron chi connectivity index (χ4n) is 4.29. The van der Waals surface area contributed by atoms with Gasteiger partial charge in [-0.25, -0.2) is 4.79 Å². The molecule has 3 aliphatic rings. The summed E-state index contributed by atoms with van der Waals surface area (Å²) < 4.78 is 27.1. The van der Waals surface area contributed by atoms with Crippen molar-refractivity contribution in [1.29, 1.82) is 0 Å². The number of aliphatic hydroxyl groups is 1. The van der Waals surface area contributed by atoms with Crippen molar-refractivity contribution >= 4 is 17.6 Å². The van der Waals surface area contributed by atoms with Crippen LogP contribution >= 0.6 is 0 Å². The Morgan fingerprint density at radius 1 is 0.914 bits per heavy atom. The minimum atomic E-state index is -0.613.